The molecule has 0 unspecified atom stereocenters. The van der Waals surface area contributed by atoms with Crippen LogP contribution in [0.15, 0.2) is 73.3 Å². The third kappa shape index (κ3) is 6.02. The van der Waals surface area contributed by atoms with Crippen molar-refractivity contribution in [1.29, 1.82) is 0 Å². The molecule has 1 saturated heterocycles. The molecule has 220 valence electrons. The van der Waals surface area contributed by atoms with Gasteiger partial charge in [0.25, 0.3) is 5.91 Å². The summed E-state index contributed by atoms with van der Waals surface area (Å²) in [5.74, 6) is -0.474. The molecule has 3 aromatic heterocycles. The molecule has 2 aromatic carbocycles. The Morgan fingerprint density at radius 1 is 1.19 bits per heavy atom. The second-order valence-corrected chi connectivity index (χ2v) is 11.0. The summed E-state index contributed by atoms with van der Waals surface area (Å²) in [6.07, 6.45) is 5.76. The molecular weight excluding hydrogens is 545 g/mol. The fraction of sp³-hybridized carbons (Fsp3) is 0.281. The lowest BCUT2D eigenvalue weighted by atomic mass is 9.99. The Labute approximate surface area is 248 Å². The van der Waals surface area contributed by atoms with E-state index in [0.29, 0.717) is 24.1 Å². The molecule has 43 heavy (non-hydrogen) atoms. The quantitative estimate of drug-likeness (QED) is 0.165. The number of halogens is 1. The standard InChI is InChI=1S/C32H34FN9O/c1-19(2)27-18-37-42-29(27)40-31(39-24-8-6-13-34-17-24)41-32(42)36-16-22-7-4-5-9-25(22)28-26-11-10-23(38-30(43)20(3)33)15-21(26)12-14-35-28/h4-5,7,9-12,14-15,18-19,24,34H,3,6,8,13,16-17H2,1-2H3,(H,38,43)(H2,36,39,40,41)/t24-/m1/s1. The zero-order valence-corrected chi connectivity index (χ0v) is 24.2. The molecule has 1 fully saturated rings. The molecule has 10 nitrogen and oxygen atoms in total. The Morgan fingerprint density at radius 2 is 2.05 bits per heavy atom. The highest BCUT2D eigenvalue weighted by Crippen LogP contribution is 2.31. The van der Waals surface area contributed by atoms with Gasteiger partial charge in [0.2, 0.25) is 11.9 Å². The van der Waals surface area contributed by atoms with Gasteiger partial charge in [-0.05, 0) is 54.5 Å². The lowest BCUT2D eigenvalue weighted by Gasteiger charge is -2.24. The number of carbonyl (C=O) groups is 1. The van der Waals surface area contributed by atoms with Crippen molar-refractivity contribution in [3.63, 3.8) is 0 Å². The van der Waals surface area contributed by atoms with Crippen molar-refractivity contribution < 1.29 is 9.18 Å². The first kappa shape index (κ1) is 28.2. The van der Waals surface area contributed by atoms with Gasteiger partial charge in [0, 0.05) is 47.5 Å². The molecule has 0 aliphatic carbocycles. The summed E-state index contributed by atoms with van der Waals surface area (Å²) in [6, 6.07) is 15.6. The van der Waals surface area contributed by atoms with Gasteiger partial charge in [0.05, 0.1) is 11.9 Å². The Morgan fingerprint density at radius 3 is 2.84 bits per heavy atom. The van der Waals surface area contributed by atoms with Gasteiger partial charge in [0.1, 0.15) is 0 Å². The van der Waals surface area contributed by atoms with Crippen molar-refractivity contribution in [2.24, 2.45) is 0 Å². The SMILES string of the molecule is C=C(F)C(=O)Nc1ccc2c(-c3ccccc3CNc3nc(N[C@@H]4CCCNC4)nc4c(C(C)C)cnn34)nccc2c1. The number of amides is 1. The van der Waals surface area contributed by atoms with E-state index in [1.165, 1.54) is 0 Å². The summed E-state index contributed by atoms with van der Waals surface area (Å²) >= 11 is 0. The van der Waals surface area contributed by atoms with Crippen molar-refractivity contribution in [2.75, 3.05) is 29.0 Å². The Kier molecular flexibility index (Phi) is 7.97. The van der Waals surface area contributed by atoms with Crippen molar-refractivity contribution in [2.45, 2.75) is 45.2 Å². The van der Waals surface area contributed by atoms with Crippen LogP contribution >= 0.6 is 0 Å². The Hall–Kier alpha value is -4.90. The largest absolute Gasteiger partial charge is 0.350 e. The van der Waals surface area contributed by atoms with Crippen molar-refractivity contribution in [3.8, 4) is 11.3 Å². The minimum atomic E-state index is -1.04. The number of carbonyl (C=O) groups excluding carboxylic acids is 1. The molecule has 1 aliphatic heterocycles. The van der Waals surface area contributed by atoms with Crippen LogP contribution in [0.1, 0.15) is 43.7 Å². The molecule has 0 spiro atoms. The third-order valence-corrected chi connectivity index (χ3v) is 7.63. The summed E-state index contributed by atoms with van der Waals surface area (Å²) in [7, 11) is 0. The van der Waals surface area contributed by atoms with E-state index in [2.05, 4.69) is 52.9 Å². The maximum absolute atomic E-state index is 13.2. The monoisotopic (exact) mass is 579 g/mol. The number of nitrogens with zero attached hydrogens (tertiary/aromatic N) is 5. The van der Waals surface area contributed by atoms with Crippen LogP contribution in [0.4, 0.5) is 22.0 Å². The molecule has 11 heteroatoms. The molecule has 6 rings (SSSR count). The van der Waals surface area contributed by atoms with E-state index >= 15 is 0 Å². The van der Waals surface area contributed by atoms with Gasteiger partial charge in [-0.15, -0.1) is 0 Å². The molecule has 0 saturated carbocycles. The molecule has 4 N–H and O–H groups in total. The molecule has 1 atom stereocenters. The van der Waals surface area contributed by atoms with Crippen LogP contribution in [0.2, 0.25) is 0 Å². The van der Waals surface area contributed by atoms with E-state index in [1.54, 1.807) is 22.8 Å². The summed E-state index contributed by atoms with van der Waals surface area (Å²) in [4.78, 5) is 26.2. The van der Waals surface area contributed by atoms with Gasteiger partial charge in [-0.25, -0.2) is 4.39 Å². The van der Waals surface area contributed by atoms with Crippen LogP contribution in [-0.2, 0) is 11.3 Å². The van der Waals surface area contributed by atoms with Gasteiger partial charge < -0.3 is 21.3 Å². The van der Waals surface area contributed by atoms with E-state index in [4.69, 9.17) is 15.0 Å². The highest BCUT2D eigenvalue weighted by Gasteiger charge is 2.19. The number of hydrogen-bond donors (Lipinski definition) is 4. The first-order chi connectivity index (χ1) is 20.9. The summed E-state index contributed by atoms with van der Waals surface area (Å²) in [5.41, 5.74) is 5.08. The second-order valence-electron chi connectivity index (χ2n) is 11.0. The second kappa shape index (κ2) is 12.1. The van der Waals surface area contributed by atoms with E-state index in [0.717, 1.165) is 64.7 Å². The fourth-order valence-corrected chi connectivity index (χ4v) is 5.39. The third-order valence-electron chi connectivity index (χ3n) is 7.63. The van der Waals surface area contributed by atoms with Crippen LogP contribution < -0.4 is 21.3 Å². The fourth-order valence-electron chi connectivity index (χ4n) is 5.39. The highest BCUT2D eigenvalue weighted by molar-refractivity contribution is 6.04. The smallest absolute Gasteiger partial charge is 0.283 e. The van der Waals surface area contributed by atoms with E-state index in [-0.39, 0.29) is 12.0 Å². The van der Waals surface area contributed by atoms with Gasteiger partial charge in [-0.1, -0.05) is 50.8 Å². The Balaban J connectivity index is 1.32. The van der Waals surface area contributed by atoms with Crippen LogP contribution in [0.5, 0.6) is 0 Å². The number of aromatic nitrogens is 5. The molecule has 0 bridgehead atoms. The number of fused-ring (bicyclic) bond motifs is 2. The van der Waals surface area contributed by atoms with Gasteiger partial charge >= 0.3 is 0 Å². The summed E-state index contributed by atoms with van der Waals surface area (Å²) in [5, 5.41) is 19.4. The number of hydrogen-bond acceptors (Lipinski definition) is 8. The average Bonchev–Trinajstić information content (AvgIpc) is 3.45. The maximum atomic E-state index is 13.2. The highest BCUT2D eigenvalue weighted by atomic mass is 19.1. The zero-order chi connectivity index (χ0) is 29.9. The van der Waals surface area contributed by atoms with Crippen LogP contribution in [0.25, 0.3) is 27.7 Å². The van der Waals surface area contributed by atoms with Crippen molar-refractivity contribution >= 4 is 39.9 Å². The predicted octanol–water partition coefficient (Wildman–Crippen LogP) is 5.66. The molecular formula is C32H34FN9O. The number of pyridine rings is 1. The summed E-state index contributed by atoms with van der Waals surface area (Å²) < 4.78 is 15.0. The average molecular weight is 580 g/mol. The number of anilines is 3. The van der Waals surface area contributed by atoms with Gasteiger partial charge in [-0.2, -0.15) is 19.6 Å². The van der Waals surface area contributed by atoms with Crippen LogP contribution in [-0.4, -0.2) is 49.6 Å². The van der Waals surface area contributed by atoms with E-state index in [9.17, 15) is 9.18 Å². The predicted molar refractivity (Wildman–Crippen MR) is 168 cm³/mol. The molecule has 0 radical (unpaired) electrons. The van der Waals surface area contributed by atoms with Gasteiger partial charge in [-0.3, -0.25) is 9.78 Å². The number of piperidine rings is 1. The van der Waals surface area contributed by atoms with Crippen molar-refractivity contribution in [3.05, 3.63) is 84.5 Å². The lowest BCUT2D eigenvalue weighted by Crippen LogP contribution is -2.38. The maximum Gasteiger partial charge on any atom is 0.283 e. The van der Waals surface area contributed by atoms with Crippen LogP contribution in [0.3, 0.4) is 0 Å². The first-order valence-corrected chi connectivity index (χ1v) is 14.5. The van der Waals surface area contributed by atoms with Crippen molar-refractivity contribution in [1.82, 2.24) is 29.9 Å². The van der Waals surface area contributed by atoms with Gasteiger partial charge in [0.15, 0.2) is 11.5 Å². The number of nitrogens with one attached hydrogen (secondary N) is 4. The minimum Gasteiger partial charge on any atom is -0.350 e. The first-order valence-electron chi connectivity index (χ1n) is 14.5. The van der Waals surface area contributed by atoms with E-state index < -0.39 is 11.7 Å². The number of rotatable bonds is 9. The molecule has 1 aliphatic rings. The zero-order valence-electron chi connectivity index (χ0n) is 24.2. The Bertz CT molecular complexity index is 1810. The molecule has 1 amide bonds. The lowest BCUT2D eigenvalue weighted by molar-refractivity contribution is -0.114. The van der Waals surface area contributed by atoms with Crippen LogP contribution in [0, 0.1) is 0 Å². The normalized spacial score (nSPS) is 15.1. The van der Waals surface area contributed by atoms with E-state index in [1.807, 2.05) is 36.5 Å². The number of benzene rings is 2. The molecule has 5 aromatic rings. The summed E-state index contributed by atoms with van der Waals surface area (Å²) in [6.45, 7) is 9.69. The topological polar surface area (TPSA) is 121 Å². The molecule has 4 heterocycles. The minimum absolute atomic E-state index is 0.257.